The predicted octanol–water partition coefficient (Wildman–Crippen LogP) is 1.32. The van der Waals surface area contributed by atoms with Crippen molar-refractivity contribution < 1.29 is 4.79 Å². The van der Waals surface area contributed by atoms with Gasteiger partial charge in [0.15, 0.2) is 0 Å². The lowest BCUT2D eigenvalue weighted by Crippen LogP contribution is -2.53. The van der Waals surface area contributed by atoms with E-state index in [1.165, 1.54) is 0 Å². The highest BCUT2D eigenvalue weighted by Gasteiger charge is 2.27. The minimum atomic E-state index is -0.00175. The van der Waals surface area contributed by atoms with E-state index in [4.69, 9.17) is 0 Å². The molecule has 4 heteroatoms. The molecule has 14 heavy (non-hydrogen) atoms. The van der Waals surface area contributed by atoms with Crippen molar-refractivity contribution in [3.8, 4) is 0 Å². The van der Waals surface area contributed by atoms with Crippen molar-refractivity contribution >= 4 is 21.8 Å². The molecule has 0 N–H and O–H groups in total. The molecule has 0 aromatic rings. The third-order valence-electron chi connectivity index (χ3n) is 2.90. The molecule has 82 valence electrons. The van der Waals surface area contributed by atoms with Crippen molar-refractivity contribution in [1.29, 1.82) is 0 Å². The van der Waals surface area contributed by atoms with Gasteiger partial charge in [-0.05, 0) is 20.4 Å². The van der Waals surface area contributed by atoms with Gasteiger partial charge in [0.2, 0.25) is 5.91 Å². The summed E-state index contributed by atoms with van der Waals surface area (Å²) < 4.78 is 0. The van der Waals surface area contributed by atoms with Gasteiger partial charge in [-0.3, -0.25) is 4.79 Å². The Morgan fingerprint density at radius 3 is 2.71 bits per heavy atom. The Hall–Kier alpha value is -0.0900. The maximum Gasteiger partial charge on any atom is 0.236 e. The van der Waals surface area contributed by atoms with Gasteiger partial charge in [-0.1, -0.05) is 22.9 Å². The quantitative estimate of drug-likeness (QED) is 0.701. The SMILES string of the molecule is CCC(Br)C(=O)N1CCN(C)C(C)C1. The molecular weight excluding hydrogens is 244 g/mol. The number of hydrogen-bond donors (Lipinski definition) is 0. The summed E-state index contributed by atoms with van der Waals surface area (Å²) in [6.07, 6.45) is 0.861. The Labute approximate surface area is 94.6 Å². The third kappa shape index (κ3) is 2.70. The Bertz CT molecular complexity index is 210. The molecule has 0 saturated carbocycles. The molecule has 2 unspecified atom stereocenters. The van der Waals surface area contributed by atoms with E-state index in [1.54, 1.807) is 0 Å². The van der Waals surface area contributed by atoms with Crippen LogP contribution < -0.4 is 0 Å². The van der Waals surface area contributed by atoms with E-state index in [0.717, 1.165) is 26.1 Å². The lowest BCUT2D eigenvalue weighted by atomic mass is 10.2. The molecule has 0 spiro atoms. The lowest BCUT2D eigenvalue weighted by Gasteiger charge is -2.38. The number of hydrogen-bond acceptors (Lipinski definition) is 2. The van der Waals surface area contributed by atoms with Gasteiger partial charge in [0.25, 0.3) is 0 Å². The molecular formula is C10H19BrN2O. The summed E-state index contributed by atoms with van der Waals surface area (Å²) in [5.74, 6) is 0.243. The lowest BCUT2D eigenvalue weighted by molar-refractivity contribution is -0.133. The van der Waals surface area contributed by atoms with E-state index in [0.29, 0.717) is 6.04 Å². The number of piperazine rings is 1. The maximum atomic E-state index is 11.8. The Kier molecular flexibility index (Phi) is 4.38. The number of halogens is 1. The number of alkyl halides is 1. The monoisotopic (exact) mass is 262 g/mol. The van der Waals surface area contributed by atoms with Crippen LogP contribution in [-0.2, 0) is 4.79 Å². The zero-order valence-electron chi connectivity index (χ0n) is 9.16. The molecule has 1 fully saturated rings. The number of amides is 1. The fourth-order valence-electron chi connectivity index (χ4n) is 1.62. The predicted molar refractivity (Wildman–Crippen MR) is 61.7 cm³/mol. The van der Waals surface area contributed by atoms with Crippen LogP contribution >= 0.6 is 15.9 Å². The first kappa shape index (κ1) is 12.0. The zero-order chi connectivity index (χ0) is 10.7. The fraction of sp³-hybridized carbons (Fsp3) is 0.900. The summed E-state index contributed by atoms with van der Waals surface area (Å²) in [7, 11) is 2.11. The van der Waals surface area contributed by atoms with E-state index >= 15 is 0 Å². The average molecular weight is 263 g/mol. The second-order valence-electron chi connectivity index (χ2n) is 3.99. The Balaban J connectivity index is 2.50. The van der Waals surface area contributed by atoms with Gasteiger partial charge in [0, 0.05) is 25.7 Å². The second-order valence-corrected chi connectivity index (χ2v) is 5.09. The number of carbonyl (C=O) groups is 1. The minimum absolute atomic E-state index is 0.00175. The summed E-state index contributed by atoms with van der Waals surface area (Å²) in [6.45, 7) is 6.89. The molecule has 1 rings (SSSR count). The van der Waals surface area contributed by atoms with Gasteiger partial charge in [0.1, 0.15) is 0 Å². The Morgan fingerprint density at radius 1 is 1.57 bits per heavy atom. The number of rotatable bonds is 2. The molecule has 1 heterocycles. The molecule has 1 saturated heterocycles. The first-order chi connectivity index (χ1) is 6.56. The fourth-order valence-corrected chi connectivity index (χ4v) is 1.91. The summed E-state index contributed by atoms with van der Waals surface area (Å²) in [5, 5.41) is 0. The molecule has 1 amide bonds. The van der Waals surface area contributed by atoms with Gasteiger partial charge in [-0.2, -0.15) is 0 Å². The van der Waals surface area contributed by atoms with Crippen LogP contribution in [0, 0.1) is 0 Å². The highest BCUT2D eigenvalue weighted by atomic mass is 79.9. The van der Waals surface area contributed by atoms with Crippen LogP contribution in [0.3, 0.4) is 0 Å². The molecule has 1 aliphatic rings. The maximum absolute atomic E-state index is 11.8. The highest BCUT2D eigenvalue weighted by molar-refractivity contribution is 9.10. The van der Waals surface area contributed by atoms with E-state index in [1.807, 2.05) is 11.8 Å². The van der Waals surface area contributed by atoms with Crippen molar-refractivity contribution in [2.24, 2.45) is 0 Å². The number of carbonyl (C=O) groups excluding carboxylic acids is 1. The van der Waals surface area contributed by atoms with Crippen molar-refractivity contribution in [2.45, 2.75) is 31.1 Å². The van der Waals surface area contributed by atoms with Crippen molar-refractivity contribution in [2.75, 3.05) is 26.7 Å². The van der Waals surface area contributed by atoms with Crippen molar-refractivity contribution in [3.63, 3.8) is 0 Å². The summed E-state index contributed by atoms with van der Waals surface area (Å²) >= 11 is 3.41. The smallest absolute Gasteiger partial charge is 0.236 e. The van der Waals surface area contributed by atoms with E-state index in [-0.39, 0.29) is 10.7 Å². The van der Waals surface area contributed by atoms with E-state index in [9.17, 15) is 4.79 Å². The van der Waals surface area contributed by atoms with Crippen LogP contribution in [0.4, 0.5) is 0 Å². The molecule has 0 radical (unpaired) electrons. The van der Waals surface area contributed by atoms with Crippen molar-refractivity contribution in [3.05, 3.63) is 0 Å². The summed E-state index contributed by atoms with van der Waals surface area (Å²) in [6, 6.07) is 0.476. The van der Waals surface area contributed by atoms with Crippen LogP contribution in [0.2, 0.25) is 0 Å². The zero-order valence-corrected chi connectivity index (χ0v) is 10.7. The minimum Gasteiger partial charge on any atom is -0.339 e. The van der Waals surface area contributed by atoms with Crippen molar-refractivity contribution in [1.82, 2.24) is 9.80 Å². The van der Waals surface area contributed by atoms with Gasteiger partial charge in [0.05, 0.1) is 4.83 Å². The summed E-state index contributed by atoms with van der Waals surface area (Å²) in [5.41, 5.74) is 0. The standard InChI is InChI=1S/C10H19BrN2O/c1-4-9(11)10(14)13-6-5-12(3)8(2)7-13/h8-9H,4-7H2,1-3H3. The van der Waals surface area contributed by atoms with Gasteiger partial charge >= 0.3 is 0 Å². The largest absolute Gasteiger partial charge is 0.339 e. The number of nitrogens with zero attached hydrogens (tertiary/aromatic N) is 2. The molecule has 3 nitrogen and oxygen atoms in total. The van der Waals surface area contributed by atoms with Crippen LogP contribution in [-0.4, -0.2) is 53.3 Å². The third-order valence-corrected chi connectivity index (χ3v) is 3.94. The second kappa shape index (κ2) is 5.12. The van der Waals surface area contributed by atoms with E-state index < -0.39 is 0 Å². The number of likely N-dealkylation sites (N-methyl/N-ethyl adjacent to an activating group) is 1. The first-order valence-corrected chi connectivity index (χ1v) is 6.11. The van der Waals surface area contributed by atoms with E-state index in [2.05, 4.69) is 34.8 Å². The molecule has 0 aliphatic carbocycles. The molecule has 2 atom stereocenters. The molecule has 0 bridgehead atoms. The van der Waals surface area contributed by atoms with Crippen LogP contribution in [0.1, 0.15) is 20.3 Å². The van der Waals surface area contributed by atoms with Crippen LogP contribution in [0.15, 0.2) is 0 Å². The first-order valence-electron chi connectivity index (χ1n) is 5.19. The molecule has 0 aromatic heterocycles. The normalized spacial score (nSPS) is 26.3. The van der Waals surface area contributed by atoms with Gasteiger partial charge in [-0.25, -0.2) is 0 Å². The Morgan fingerprint density at radius 2 is 2.21 bits per heavy atom. The van der Waals surface area contributed by atoms with Gasteiger partial charge < -0.3 is 9.80 Å². The topological polar surface area (TPSA) is 23.6 Å². The van der Waals surface area contributed by atoms with Gasteiger partial charge in [-0.15, -0.1) is 0 Å². The van der Waals surface area contributed by atoms with Crippen LogP contribution in [0.5, 0.6) is 0 Å². The molecule has 0 aromatic carbocycles. The molecule has 1 aliphatic heterocycles. The summed E-state index contributed by atoms with van der Waals surface area (Å²) in [4.78, 5) is 16.1. The highest BCUT2D eigenvalue weighted by Crippen LogP contribution is 2.13. The average Bonchev–Trinajstić information content (AvgIpc) is 2.20. The van der Waals surface area contributed by atoms with Crippen LogP contribution in [0.25, 0.3) is 0 Å².